The molecule has 0 fully saturated rings. The van der Waals surface area contributed by atoms with Gasteiger partial charge in [0.1, 0.15) is 12.1 Å². The summed E-state index contributed by atoms with van der Waals surface area (Å²) in [5.74, 6) is 0.429. The summed E-state index contributed by atoms with van der Waals surface area (Å²) >= 11 is 0. The van der Waals surface area contributed by atoms with E-state index >= 15 is 0 Å². The van der Waals surface area contributed by atoms with Crippen LogP contribution >= 0.6 is 0 Å². The fourth-order valence-corrected chi connectivity index (χ4v) is 1.85. The van der Waals surface area contributed by atoms with Crippen LogP contribution in [0.4, 0.5) is 4.39 Å². The highest BCUT2D eigenvalue weighted by Gasteiger charge is 2.09. The lowest BCUT2D eigenvalue weighted by molar-refractivity contribution is 0.111. The molecule has 2 heterocycles. The lowest BCUT2D eigenvalue weighted by atomic mass is 10.2. The van der Waals surface area contributed by atoms with Gasteiger partial charge in [-0.15, -0.1) is 0 Å². The number of rotatable bonds is 4. The number of oxazole rings is 1. The van der Waals surface area contributed by atoms with Gasteiger partial charge >= 0.3 is 0 Å². The van der Waals surface area contributed by atoms with E-state index < -0.39 is 0 Å². The second-order valence-corrected chi connectivity index (χ2v) is 4.18. The van der Waals surface area contributed by atoms with E-state index in [1.807, 2.05) is 0 Å². The van der Waals surface area contributed by atoms with Crippen molar-refractivity contribution in [3.63, 3.8) is 0 Å². The highest BCUT2D eigenvalue weighted by atomic mass is 19.1. The highest BCUT2D eigenvalue weighted by Crippen LogP contribution is 2.19. The van der Waals surface area contributed by atoms with Gasteiger partial charge in [0, 0.05) is 18.0 Å². The van der Waals surface area contributed by atoms with Crippen molar-refractivity contribution in [3.8, 4) is 11.5 Å². The number of imidazole rings is 1. The molecule has 0 unspecified atom stereocenters. The molecule has 0 bridgehead atoms. The minimum atomic E-state index is -0.311. The van der Waals surface area contributed by atoms with Crippen LogP contribution in [0.5, 0.6) is 0 Å². The van der Waals surface area contributed by atoms with Crippen LogP contribution in [0.3, 0.4) is 0 Å². The van der Waals surface area contributed by atoms with Crippen LogP contribution in [0.25, 0.3) is 11.5 Å². The molecule has 0 radical (unpaired) electrons. The van der Waals surface area contributed by atoms with Crippen molar-refractivity contribution in [1.82, 2.24) is 14.5 Å². The third-order valence-corrected chi connectivity index (χ3v) is 2.83. The molecule has 0 N–H and O–H groups in total. The van der Waals surface area contributed by atoms with Crippen molar-refractivity contribution < 1.29 is 13.6 Å². The summed E-state index contributed by atoms with van der Waals surface area (Å²) in [5.41, 5.74) is 1.35. The summed E-state index contributed by atoms with van der Waals surface area (Å²) in [4.78, 5) is 19.0. The van der Waals surface area contributed by atoms with Gasteiger partial charge in [0.15, 0.2) is 12.1 Å². The number of hydrogen-bond acceptors (Lipinski definition) is 4. The summed E-state index contributed by atoms with van der Waals surface area (Å²) in [6.45, 7) is 0.388. The van der Waals surface area contributed by atoms with Crippen molar-refractivity contribution in [2.24, 2.45) is 0 Å². The molecule has 0 aliphatic heterocycles. The van der Waals surface area contributed by atoms with Gasteiger partial charge in [-0.05, 0) is 24.3 Å². The Kier molecular flexibility index (Phi) is 3.12. The second kappa shape index (κ2) is 5.08. The quantitative estimate of drug-likeness (QED) is 0.684. The molecule has 2 aromatic heterocycles. The first kappa shape index (κ1) is 12.3. The molecule has 1 aromatic carbocycles. The van der Waals surface area contributed by atoms with E-state index in [0.717, 1.165) is 0 Å². The van der Waals surface area contributed by atoms with Crippen LogP contribution in [0.1, 0.15) is 16.3 Å². The van der Waals surface area contributed by atoms with Crippen molar-refractivity contribution in [1.29, 1.82) is 0 Å². The first-order valence-electron chi connectivity index (χ1n) is 5.93. The van der Waals surface area contributed by atoms with Gasteiger partial charge in [-0.3, -0.25) is 4.79 Å². The molecule has 0 atom stereocenters. The molecule has 6 heteroatoms. The number of halogens is 1. The molecule has 0 aliphatic carbocycles. The fraction of sp³-hybridized carbons (Fsp3) is 0.0714. The molecule has 5 nitrogen and oxygen atoms in total. The number of nitrogens with zero attached hydrogens (tertiary/aromatic N) is 3. The minimum Gasteiger partial charge on any atom is -0.444 e. The third-order valence-electron chi connectivity index (χ3n) is 2.83. The zero-order valence-electron chi connectivity index (χ0n) is 10.4. The first-order chi connectivity index (χ1) is 9.76. The Morgan fingerprint density at radius 3 is 2.85 bits per heavy atom. The monoisotopic (exact) mass is 271 g/mol. The van der Waals surface area contributed by atoms with Crippen LogP contribution in [0.2, 0.25) is 0 Å². The average molecular weight is 271 g/mol. The molecule has 3 rings (SSSR count). The van der Waals surface area contributed by atoms with Gasteiger partial charge in [0.25, 0.3) is 0 Å². The minimum absolute atomic E-state index is 0.311. The number of aldehydes is 1. The SMILES string of the molecule is O=Cc1nccn1Cc1coc(-c2ccc(F)cc2)n1. The topological polar surface area (TPSA) is 60.9 Å². The maximum atomic E-state index is 12.8. The van der Waals surface area contributed by atoms with E-state index in [1.54, 1.807) is 29.1 Å². The Labute approximate surface area is 113 Å². The Morgan fingerprint density at radius 1 is 1.30 bits per heavy atom. The Hall–Kier alpha value is -2.76. The average Bonchev–Trinajstić information content (AvgIpc) is 3.09. The molecule has 0 saturated carbocycles. The number of aromatic nitrogens is 3. The Bertz CT molecular complexity index is 731. The van der Waals surface area contributed by atoms with Gasteiger partial charge < -0.3 is 8.98 Å². The van der Waals surface area contributed by atoms with Gasteiger partial charge in [-0.1, -0.05) is 0 Å². The number of hydrogen-bond donors (Lipinski definition) is 0. The largest absolute Gasteiger partial charge is 0.444 e. The van der Waals surface area contributed by atoms with Crippen molar-refractivity contribution in [2.45, 2.75) is 6.54 Å². The Balaban J connectivity index is 1.83. The van der Waals surface area contributed by atoms with Crippen molar-refractivity contribution in [3.05, 3.63) is 60.3 Å². The number of carbonyl (C=O) groups is 1. The van der Waals surface area contributed by atoms with E-state index in [4.69, 9.17) is 4.42 Å². The maximum Gasteiger partial charge on any atom is 0.226 e. The smallest absolute Gasteiger partial charge is 0.226 e. The van der Waals surface area contributed by atoms with E-state index in [9.17, 15) is 9.18 Å². The van der Waals surface area contributed by atoms with Crippen LogP contribution in [-0.4, -0.2) is 20.8 Å². The lowest BCUT2D eigenvalue weighted by Gasteiger charge is -1.99. The zero-order chi connectivity index (χ0) is 13.9. The van der Waals surface area contributed by atoms with Gasteiger partial charge in [-0.25, -0.2) is 14.4 Å². The highest BCUT2D eigenvalue weighted by molar-refractivity contribution is 5.69. The van der Waals surface area contributed by atoms with Crippen molar-refractivity contribution in [2.75, 3.05) is 0 Å². The number of benzene rings is 1. The normalized spacial score (nSPS) is 10.7. The molecular formula is C14H10FN3O2. The van der Waals surface area contributed by atoms with Crippen LogP contribution in [0, 0.1) is 5.82 Å². The predicted octanol–water partition coefficient (Wildman–Crippen LogP) is 2.54. The molecule has 0 amide bonds. The third kappa shape index (κ3) is 2.35. The molecule has 3 aromatic rings. The van der Waals surface area contributed by atoms with E-state index in [2.05, 4.69) is 9.97 Å². The molecule has 0 aliphatic rings. The summed E-state index contributed by atoms with van der Waals surface area (Å²) in [7, 11) is 0. The van der Waals surface area contributed by atoms with E-state index in [1.165, 1.54) is 18.4 Å². The second-order valence-electron chi connectivity index (χ2n) is 4.18. The van der Waals surface area contributed by atoms with E-state index in [-0.39, 0.29) is 5.82 Å². The fourth-order valence-electron chi connectivity index (χ4n) is 1.85. The van der Waals surface area contributed by atoms with Crippen LogP contribution in [-0.2, 0) is 6.54 Å². The standard InChI is InChI=1S/C14H10FN3O2/c15-11-3-1-10(2-4-11)14-17-12(9-20-14)7-18-6-5-16-13(18)8-19/h1-6,8-9H,7H2. The zero-order valence-corrected chi connectivity index (χ0v) is 10.4. The molecular weight excluding hydrogens is 261 g/mol. The molecule has 20 heavy (non-hydrogen) atoms. The predicted molar refractivity (Wildman–Crippen MR) is 68.6 cm³/mol. The van der Waals surface area contributed by atoms with Crippen LogP contribution < -0.4 is 0 Å². The lowest BCUT2D eigenvalue weighted by Crippen LogP contribution is -2.03. The molecule has 100 valence electrons. The van der Waals surface area contributed by atoms with E-state index in [0.29, 0.717) is 35.8 Å². The van der Waals surface area contributed by atoms with Gasteiger partial charge in [-0.2, -0.15) is 0 Å². The van der Waals surface area contributed by atoms with Gasteiger partial charge in [0.2, 0.25) is 5.89 Å². The Morgan fingerprint density at radius 2 is 2.10 bits per heavy atom. The van der Waals surface area contributed by atoms with Crippen molar-refractivity contribution >= 4 is 6.29 Å². The molecule has 0 saturated heterocycles. The summed E-state index contributed by atoms with van der Waals surface area (Å²) in [6.07, 6.45) is 5.43. The first-order valence-corrected chi connectivity index (χ1v) is 5.93. The summed E-state index contributed by atoms with van der Waals surface area (Å²) in [6, 6.07) is 5.89. The summed E-state index contributed by atoms with van der Waals surface area (Å²) < 4.78 is 19.9. The van der Waals surface area contributed by atoms with Crippen LogP contribution in [0.15, 0.2) is 47.3 Å². The maximum absolute atomic E-state index is 12.8. The summed E-state index contributed by atoms with van der Waals surface area (Å²) in [5, 5.41) is 0. The number of carbonyl (C=O) groups excluding carboxylic acids is 1. The molecule has 0 spiro atoms. The van der Waals surface area contributed by atoms with Gasteiger partial charge in [0.05, 0.1) is 12.2 Å².